The monoisotopic (exact) mass is 458 g/mol. The van der Waals surface area contributed by atoms with Crippen molar-refractivity contribution >= 4 is 27.5 Å². The van der Waals surface area contributed by atoms with Gasteiger partial charge in [0.2, 0.25) is 10.0 Å². The van der Waals surface area contributed by atoms with Gasteiger partial charge in [-0.3, -0.25) is 29.5 Å². The van der Waals surface area contributed by atoms with E-state index in [1.165, 1.54) is 22.5 Å². The van der Waals surface area contributed by atoms with Crippen molar-refractivity contribution in [3.8, 4) is 0 Å². The predicted octanol–water partition coefficient (Wildman–Crippen LogP) is 1.77. The van der Waals surface area contributed by atoms with E-state index in [2.05, 4.69) is 0 Å². The summed E-state index contributed by atoms with van der Waals surface area (Å²) in [5.41, 5.74) is 1.08. The van der Waals surface area contributed by atoms with Crippen LogP contribution in [0.15, 0.2) is 41.3 Å². The molecule has 4 rings (SSSR count). The van der Waals surface area contributed by atoms with Crippen LogP contribution in [0.3, 0.4) is 0 Å². The molecular formula is C21H22N4O6S. The number of rotatable bonds is 5. The van der Waals surface area contributed by atoms with Gasteiger partial charge >= 0.3 is 0 Å². The molecule has 2 aliphatic rings. The van der Waals surface area contributed by atoms with Gasteiger partial charge in [-0.1, -0.05) is 23.8 Å². The standard InChI is InChI=1S/C21H22N4O6S/c1-14-6-7-18(15(2)12-14)32(30,31)23-10-8-22(9-11-23)13-24-20(26)16-4-3-5-17(25(28)29)19(16)21(24)27/h3-7,12H,8-11,13H2,1-2H3. The van der Waals surface area contributed by atoms with E-state index in [4.69, 9.17) is 0 Å². The Kier molecular flexibility index (Phi) is 5.57. The lowest BCUT2D eigenvalue weighted by atomic mass is 10.1. The van der Waals surface area contributed by atoms with Crippen molar-refractivity contribution in [3.63, 3.8) is 0 Å². The highest BCUT2D eigenvalue weighted by atomic mass is 32.2. The van der Waals surface area contributed by atoms with Crippen LogP contribution in [0.2, 0.25) is 0 Å². The first-order valence-electron chi connectivity index (χ1n) is 10.0. The van der Waals surface area contributed by atoms with Crippen molar-refractivity contribution in [2.24, 2.45) is 0 Å². The average Bonchev–Trinajstić information content (AvgIpc) is 2.98. The van der Waals surface area contributed by atoms with Gasteiger partial charge in [0.25, 0.3) is 17.5 Å². The third-order valence-electron chi connectivity index (χ3n) is 5.79. The molecule has 2 amide bonds. The van der Waals surface area contributed by atoms with Gasteiger partial charge in [-0.15, -0.1) is 0 Å². The molecule has 10 nitrogen and oxygen atoms in total. The largest absolute Gasteiger partial charge is 0.283 e. The van der Waals surface area contributed by atoms with E-state index >= 15 is 0 Å². The minimum absolute atomic E-state index is 0.0141. The number of piperazine rings is 1. The fourth-order valence-corrected chi connectivity index (χ4v) is 5.76. The van der Waals surface area contributed by atoms with Crippen molar-refractivity contribution in [1.82, 2.24) is 14.1 Å². The Bertz CT molecular complexity index is 1230. The molecule has 11 heteroatoms. The Morgan fingerprint density at radius 2 is 1.69 bits per heavy atom. The van der Waals surface area contributed by atoms with Crippen molar-refractivity contribution in [3.05, 3.63) is 68.8 Å². The lowest BCUT2D eigenvalue weighted by Crippen LogP contribution is -2.52. The second kappa shape index (κ2) is 8.08. The Balaban J connectivity index is 1.46. The van der Waals surface area contributed by atoms with Gasteiger partial charge in [0.15, 0.2) is 0 Å². The van der Waals surface area contributed by atoms with Crippen LogP contribution >= 0.6 is 0 Å². The summed E-state index contributed by atoms with van der Waals surface area (Å²) < 4.78 is 27.5. The van der Waals surface area contributed by atoms with Gasteiger partial charge < -0.3 is 0 Å². The Labute approximate surface area is 185 Å². The van der Waals surface area contributed by atoms with Crippen molar-refractivity contribution in [1.29, 1.82) is 0 Å². The zero-order valence-electron chi connectivity index (χ0n) is 17.6. The maximum atomic E-state index is 13.0. The Morgan fingerprint density at radius 1 is 1.00 bits per heavy atom. The maximum Gasteiger partial charge on any atom is 0.282 e. The third-order valence-corrected chi connectivity index (χ3v) is 7.85. The molecule has 0 atom stereocenters. The number of fused-ring (bicyclic) bond motifs is 1. The number of sulfonamides is 1. The molecule has 32 heavy (non-hydrogen) atoms. The number of aryl methyl sites for hydroxylation is 2. The molecule has 0 unspecified atom stereocenters. The van der Waals surface area contributed by atoms with E-state index in [0.29, 0.717) is 18.7 Å². The summed E-state index contributed by atoms with van der Waals surface area (Å²) in [6.45, 7) is 4.66. The number of hydrogen-bond acceptors (Lipinski definition) is 7. The summed E-state index contributed by atoms with van der Waals surface area (Å²) in [7, 11) is -3.66. The summed E-state index contributed by atoms with van der Waals surface area (Å²) in [5.74, 6) is -1.29. The highest BCUT2D eigenvalue weighted by Crippen LogP contribution is 2.31. The maximum absolute atomic E-state index is 13.0. The second-order valence-corrected chi connectivity index (χ2v) is 9.83. The summed E-state index contributed by atoms with van der Waals surface area (Å²) >= 11 is 0. The molecule has 0 N–H and O–H groups in total. The molecule has 0 aromatic heterocycles. The topological polar surface area (TPSA) is 121 Å². The minimum Gasteiger partial charge on any atom is -0.283 e. The van der Waals surface area contributed by atoms with Crippen LogP contribution in [0.5, 0.6) is 0 Å². The van der Waals surface area contributed by atoms with Crippen molar-refractivity contribution < 1.29 is 22.9 Å². The molecule has 2 aromatic carbocycles. The van der Waals surface area contributed by atoms with E-state index in [1.54, 1.807) is 24.0 Å². The van der Waals surface area contributed by atoms with Crippen LogP contribution in [0.1, 0.15) is 31.8 Å². The fourth-order valence-electron chi connectivity index (χ4n) is 4.14. The predicted molar refractivity (Wildman–Crippen MR) is 115 cm³/mol. The second-order valence-electron chi connectivity index (χ2n) is 7.93. The van der Waals surface area contributed by atoms with E-state index in [-0.39, 0.29) is 35.8 Å². The van der Waals surface area contributed by atoms with E-state index in [9.17, 15) is 28.1 Å². The Morgan fingerprint density at radius 3 is 2.31 bits per heavy atom. The van der Waals surface area contributed by atoms with Gasteiger partial charge in [0.1, 0.15) is 5.56 Å². The van der Waals surface area contributed by atoms with E-state index in [0.717, 1.165) is 10.5 Å². The summed E-state index contributed by atoms with van der Waals surface area (Å²) in [4.78, 5) is 39.0. The smallest absolute Gasteiger partial charge is 0.282 e. The fraction of sp³-hybridized carbons (Fsp3) is 0.333. The SMILES string of the molecule is Cc1ccc(S(=O)(=O)N2CCN(CN3C(=O)c4cccc([N+](=O)[O-])c4C3=O)CC2)c(C)c1. The first kappa shape index (κ1) is 22.1. The number of hydrogen-bond donors (Lipinski definition) is 0. The molecule has 0 aliphatic carbocycles. The molecule has 0 bridgehead atoms. The molecule has 0 spiro atoms. The van der Waals surface area contributed by atoms with Crippen molar-refractivity contribution in [2.75, 3.05) is 32.8 Å². The normalized spacial score (nSPS) is 17.6. The number of amides is 2. The van der Waals surface area contributed by atoms with Gasteiger partial charge in [0, 0.05) is 32.2 Å². The number of nitrogens with zero attached hydrogens (tertiary/aromatic N) is 4. The highest BCUT2D eigenvalue weighted by Gasteiger charge is 2.42. The van der Waals surface area contributed by atoms with E-state index < -0.39 is 32.4 Å². The molecular weight excluding hydrogens is 436 g/mol. The third kappa shape index (κ3) is 3.68. The van der Waals surface area contributed by atoms with Gasteiger partial charge in [0.05, 0.1) is 22.1 Å². The van der Waals surface area contributed by atoms with Gasteiger partial charge in [-0.25, -0.2) is 8.42 Å². The molecule has 2 aliphatic heterocycles. The summed E-state index contributed by atoms with van der Waals surface area (Å²) in [6.07, 6.45) is 0. The zero-order chi connectivity index (χ0) is 23.2. The Hall–Kier alpha value is -3.15. The number of carbonyl (C=O) groups is 2. The lowest BCUT2D eigenvalue weighted by molar-refractivity contribution is -0.385. The molecule has 168 valence electrons. The number of imide groups is 1. The first-order valence-corrected chi connectivity index (χ1v) is 11.5. The van der Waals surface area contributed by atoms with Crippen LogP contribution in [-0.2, 0) is 10.0 Å². The lowest BCUT2D eigenvalue weighted by Gasteiger charge is -2.35. The van der Waals surface area contributed by atoms with Crippen LogP contribution < -0.4 is 0 Å². The molecule has 2 aromatic rings. The van der Waals surface area contributed by atoms with Gasteiger partial charge in [-0.05, 0) is 31.5 Å². The van der Waals surface area contributed by atoms with E-state index in [1.807, 2.05) is 13.0 Å². The number of nitro benzene ring substituents is 1. The molecule has 1 saturated heterocycles. The molecule has 0 saturated carbocycles. The first-order chi connectivity index (χ1) is 15.1. The molecule has 2 heterocycles. The summed E-state index contributed by atoms with van der Waals surface area (Å²) in [5, 5.41) is 11.2. The number of nitro groups is 1. The average molecular weight is 458 g/mol. The number of benzene rings is 2. The molecule has 1 fully saturated rings. The quantitative estimate of drug-likeness (QED) is 0.380. The number of carbonyl (C=O) groups excluding carboxylic acids is 2. The van der Waals surface area contributed by atoms with Crippen LogP contribution in [0, 0.1) is 24.0 Å². The van der Waals surface area contributed by atoms with Crippen LogP contribution in [0.4, 0.5) is 5.69 Å². The zero-order valence-corrected chi connectivity index (χ0v) is 18.5. The minimum atomic E-state index is -3.66. The highest BCUT2D eigenvalue weighted by molar-refractivity contribution is 7.89. The molecule has 0 radical (unpaired) electrons. The van der Waals surface area contributed by atoms with Crippen LogP contribution in [-0.4, -0.2) is 72.1 Å². The summed E-state index contributed by atoms with van der Waals surface area (Å²) in [6, 6.07) is 9.17. The van der Waals surface area contributed by atoms with Gasteiger partial charge in [-0.2, -0.15) is 4.31 Å². The van der Waals surface area contributed by atoms with Crippen molar-refractivity contribution in [2.45, 2.75) is 18.7 Å². The van der Waals surface area contributed by atoms with Crippen LogP contribution in [0.25, 0.3) is 0 Å².